The smallest absolute Gasteiger partial charge is 0.240 e. The number of halogens is 1. The Labute approximate surface area is 115 Å². The SMILES string of the molecule is CCN(CC(=O)NC(C)(C)C)C(=O)C(C)(C)CCl. The Kier molecular flexibility index (Phi) is 6.14. The molecule has 4 nitrogen and oxygen atoms in total. The number of hydrogen-bond acceptors (Lipinski definition) is 2. The fourth-order valence-corrected chi connectivity index (χ4v) is 1.56. The third-order valence-corrected chi connectivity index (χ3v) is 3.10. The van der Waals surface area contributed by atoms with E-state index in [4.69, 9.17) is 11.6 Å². The van der Waals surface area contributed by atoms with E-state index >= 15 is 0 Å². The van der Waals surface area contributed by atoms with Crippen molar-refractivity contribution in [1.82, 2.24) is 10.2 Å². The van der Waals surface area contributed by atoms with Gasteiger partial charge in [-0.05, 0) is 41.5 Å². The average molecular weight is 277 g/mol. The molecule has 0 heterocycles. The van der Waals surface area contributed by atoms with Gasteiger partial charge in [-0.25, -0.2) is 0 Å². The molecule has 0 bridgehead atoms. The third kappa shape index (κ3) is 5.71. The summed E-state index contributed by atoms with van der Waals surface area (Å²) in [4.78, 5) is 25.5. The first kappa shape index (κ1) is 17.2. The van der Waals surface area contributed by atoms with E-state index < -0.39 is 5.41 Å². The van der Waals surface area contributed by atoms with Crippen molar-refractivity contribution in [3.05, 3.63) is 0 Å². The topological polar surface area (TPSA) is 49.4 Å². The number of rotatable bonds is 5. The lowest BCUT2D eigenvalue weighted by molar-refractivity contribution is -0.142. The van der Waals surface area contributed by atoms with E-state index in [0.29, 0.717) is 6.54 Å². The molecule has 0 atom stereocenters. The Morgan fingerprint density at radius 1 is 1.17 bits per heavy atom. The summed E-state index contributed by atoms with van der Waals surface area (Å²) in [6.07, 6.45) is 0. The Morgan fingerprint density at radius 2 is 1.67 bits per heavy atom. The van der Waals surface area contributed by atoms with Gasteiger partial charge in [0, 0.05) is 18.0 Å². The minimum Gasteiger partial charge on any atom is -0.350 e. The highest BCUT2D eigenvalue weighted by atomic mass is 35.5. The molecule has 0 saturated carbocycles. The van der Waals surface area contributed by atoms with E-state index in [1.54, 1.807) is 13.8 Å². The van der Waals surface area contributed by atoms with Gasteiger partial charge in [-0.2, -0.15) is 0 Å². The van der Waals surface area contributed by atoms with Crippen molar-refractivity contribution in [3.8, 4) is 0 Å². The predicted octanol–water partition coefficient (Wildman–Crippen LogP) is 2.01. The molecule has 0 saturated heterocycles. The zero-order valence-electron chi connectivity index (χ0n) is 12.3. The number of amides is 2. The lowest BCUT2D eigenvalue weighted by Gasteiger charge is -2.30. The van der Waals surface area contributed by atoms with Gasteiger partial charge in [0.15, 0.2) is 0 Å². The van der Waals surface area contributed by atoms with Gasteiger partial charge in [0.05, 0.1) is 12.0 Å². The monoisotopic (exact) mass is 276 g/mol. The molecule has 0 fully saturated rings. The maximum atomic E-state index is 12.2. The molecule has 0 rings (SSSR count). The van der Waals surface area contributed by atoms with Crippen LogP contribution in [0, 0.1) is 5.41 Å². The van der Waals surface area contributed by atoms with Crippen molar-refractivity contribution < 1.29 is 9.59 Å². The lowest BCUT2D eigenvalue weighted by atomic mass is 9.94. The van der Waals surface area contributed by atoms with Crippen LogP contribution in [-0.2, 0) is 9.59 Å². The van der Waals surface area contributed by atoms with Crippen LogP contribution >= 0.6 is 11.6 Å². The molecule has 0 aromatic carbocycles. The zero-order valence-corrected chi connectivity index (χ0v) is 13.0. The molecular formula is C13H25ClN2O2. The number of likely N-dealkylation sites (N-methyl/N-ethyl adjacent to an activating group) is 1. The molecule has 5 heteroatoms. The number of nitrogens with one attached hydrogen (secondary N) is 1. The fourth-order valence-electron chi connectivity index (χ4n) is 1.44. The van der Waals surface area contributed by atoms with E-state index in [0.717, 1.165) is 0 Å². The molecule has 0 aromatic heterocycles. The van der Waals surface area contributed by atoms with Crippen LogP contribution in [0.2, 0.25) is 0 Å². The largest absolute Gasteiger partial charge is 0.350 e. The van der Waals surface area contributed by atoms with Gasteiger partial charge >= 0.3 is 0 Å². The van der Waals surface area contributed by atoms with Crippen LogP contribution in [0.1, 0.15) is 41.5 Å². The van der Waals surface area contributed by atoms with Gasteiger partial charge in [0.1, 0.15) is 0 Å². The van der Waals surface area contributed by atoms with Gasteiger partial charge in [-0.3, -0.25) is 9.59 Å². The number of carbonyl (C=O) groups excluding carboxylic acids is 2. The van der Waals surface area contributed by atoms with Crippen molar-refractivity contribution in [3.63, 3.8) is 0 Å². The van der Waals surface area contributed by atoms with Crippen molar-refractivity contribution in [1.29, 1.82) is 0 Å². The summed E-state index contributed by atoms with van der Waals surface area (Å²) in [5.74, 6) is -0.00409. The highest BCUT2D eigenvalue weighted by Gasteiger charge is 2.31. The molecule has 0 aliphatic heterocycles. The molecule has 0 aromatic rings. The van der Waals surface area contributed by atoms with E-state index in [1.807, 2.05) is 27.7 Å². The second kappa shape index (κ2) is 6.41. The minimum atomic E-state index is -0.639. The van der Waals surface area contributed by atoms with Gasteiger partial charge in [0.25, 0.3) is 0 Å². The standard InChI is InChI=1S/C13H25ClN2O2/c1-7-16(11(18)13(5,6)9-14)8-10(17)15-12(2,3)4/h7-9H2,1-6H3,(H,15,17). The predicted molar refractivity (Wildman–Crippen MR) is 74.7 cm³/mol. The number of nitrogens with zero attached hydrogens (tertiary/aromatic N) is 1. The first-order valence-corrected chi connectivity index (χ1v) is 6.73. The molecule has 0 aliphatic rings. The van der Waals surface area contributed by atoms with Crippen molar-refractivity contribution >= 4 is 23.4 Å². The summed E-state index contributed by atoms with van der Waals surface area (Å²) >= 11 is 5.78. The van der Waals surface area contributed by atoms with Crippen molar-refractivity contribution in [2.45, 2.75) is 47.1 Å². The summed E-state index contributed by atoms with van der Waals surface area (Å²) in [7, 11) is 0. The Balaban J connectivity index is 4.63. The Morgan fingerprint density at radius 3 is 2.00 bits per heavy atom. The van der Waals surface area contributed by atoms with E-state index in [2.05, 4.69) is 5.32 Å². The maximum absolute atomic E-state index is 12.2. The number of hydrogen-bond donors (Lipinski definition) is 1. The van der Waals surface area contributed by atoms with E-state index in [9.17, 15) is 9.59 Å². The van der Waals surface area contributed by atoms with Crippen LogP contribution < -0.4 is 5.32 Å². The zero-order chi connectivity index (χ0) is 14.6. The first-order valence-electron chi connectivity index (χ1n) is 6.20. The molecule has 2 amide bonds. The van der Waals surface area contributed by atoms with Gasteiger partial charge in [-0.15, -0.1) is 11.6 Å². The highest BCUT2D eigenvalue weighted by molar-refractivity contribution is 6.19. The molecule has 18 heavy (non-hydrogen) atoms. The van der Waals surface area contributed by atoms with Crippen LogP contribution in [0.15, 0.2) is 0 Å². The maximum Gasteiger partial charge on any atom is 0.240 e. The Hall–Kier alpha value is -0.770. The van der Waals surface area contributed by atoms with Gasteiger partial charge < -0.3 is 10.2 Å². The van der Waals surface area contributed by atoms with E-state index in [-0.39, 0.29) is 29.8 Å². The van der Waals surface area contributed by atoms with Crippen molar-refractivity contribution in [2.24, 2.45) is 5.41 Å². The first-order chi connectivity index (χ1) is 8.03. The quantitative estimate of drug-likeness (QED) is 0.781. The summed E-state index contributed by atoms with van der Waals surface area (Å²) in [5.41, 5.74) is -0.929. The summed E-state index contributed by atoms with van der Waals surface area (Å²) in [6.45, 7) is 11.7. The summed E-state index contributed by atoms with van der Waals surface area (Å²) in [5, 5.41) is 2.84. The molecule has 1 N–H and O–H groups in total. The second-order valence-electron chi connectivity index (χ2n) is 6.14. The fraction of sp³-hybridized carbons (Fsp3) is 0.846. The average Bonchev–Trinajstić information content (AvgIpc) is 2.22. The van der Waals surface area contributed by atoms with Crippen LogP contribution in [-0.4, -0.2) is 41.2 Å². The van der Waals surface area contributed by atoms with Crippen LogP contribution in [0.4, 0.5) is 0 Å². The summed E-state index contributed by atoms with van der Waals surface area (Å²) < 4.78 is 0. The van der Waals surface area contributed by atoms with Gasteiger partial charge in [0.2, 0.25) is 11.8 Å². The molecule has 0 unspecified atom stereocenters. The normalized spacial score (nSPS) is 12.2. The summed E-state index contributed by atoms with van der Waals surface area (Å²) in [6, 6.07) is 0. The highest BCUT2D eigenvalue weighted by Crippen LogP contribution is 2.20. The molecule has 0 aliphatic carbocycles. The second-order valence-corrected chi connectivity index (χ2v) is 6.40. The molecule has 0 radical (unpaired) electrons. The van der Waals surface area contributed by atoms with Crippen LogP contribution in [0.25, 0.3) is 0 Å². The van der Waals surface area contributed by atoms with Crippen molar-refractivity contribution in [2.75, 3.05) is 19.0 Å². The van der Waals surface area contributed by atoms with Crippen LogP contribution in [0.5, 0.6) is 0 Å². The Bertz CT molecular complexity index is 309. The van der Waals surface area contributed by atoms with E-state index in [1.165, 1.54) is 4.90 Å². The number of alkyl halides is 1. The van der Waals surface area contributed by atoms with Crippen LogP contribution in [0.3, 0.4) is 0 Å². The molecular weight excluding hydrogens is 252 g/mol. The minimum absolute atomic E-state index is 0.0763. The lowest BCUT2D eigenvalue weighted by Crippen LogP contribution is -2.50. The number of carbonyl (C=O) groups is 2. The third-order valence-electron chi connectivity index (χ3n) is 2.43. The molecule has 0 spiro atoms. The molecule has 106 valence electrons. The van der Waals surface area contributed by atoms with Gasteiger partial charge in [-0.1, -0.05) is 0 Å².